The molecule has 0 spiro atoms. The molecule has 0 aromatic heterocycles. The summed E-state index contributed by atoms with van der Waals surface area (Å²) in [6.45, 7) is 9.45. The normalized spacial score (nSPS) is 21.5. The molecule has 1 aromatic carbocycles. The second kappa shape index (κ2) is 9.87. The van der Waals surface area contributed by atoms with Crippen LogP contribution in [0, 0.1) is 0 Å². The smallest absolute Gasteiger partial charge is 0.119 e. The Kier molecular flexibility index (Phi) is 7.53. The number of hydrogen-bond donors (Lipinski definition) is 0. The molecule has 2 aliphatic rings. The van der Waals surface area contributed by atoms with Gasteiger partial charge in [0.25, 0.3) is 0 Å². The van der Waals surface area contributed by atoms with Crippen LogP contribution >= 0.6 is 0 Å². The van der Waals surface area contributed by atoms with Crippen molar-refractivity contribution in [3.63, 3.8) is 0 Å². The predicted molar refractivity (Wildman–Crippen MR) is 111 cm³/mol. The summed E-state index contributed by atoms with van der Waals surface area (Å²) < 4.78 is 11.6. The zero-order valence-electron chi connectivity index (χ0n) is 17.5. The van der Waals surface area contributed by atoms with E-state index in [-0.39, 0.29) is 5.41 Å². The molecule has 5 nitrogen and oxygen atoms in total. The number of benzene rings is 1. The Labute approximate surface area is 165 Å². The predicted octanol–water partition coefficient (Wildman–Crippen LogP) is 2.31. The van der Waals surface area contributed by atoms with E-state index < -0.39 is 0 Å². The van der Waals surface area contributed by atoms with Gasteiger partial charge in [-0.1, -0.05) is 12.1 Å². The van der Waals surface area contributed by atoms with E-state index in [1.54, 1.807) is 0 Å². The lowest BCUT2D eigenvalue weighted by Gasteiger charge is -2.39. The Hall–Kier alpha value is -1.14. The maximum Gasteiger partial charge on any atom is 0.119 e. The molecule has 152 valence electrons. The summed E-state index contributed by atoms with van der Waals surface area (Å²) in [6, 6.07) is 8.84. The van der Waals surface area contributed by atoms with E-state index >= 15 is 0 Å². The zero-order valence-corrected chi connectivity index (χ0v) is 17.5. The molecule has 2 fully saturated rings. The van der Waals surface area contributed by atoms with E-state index in [0.717, 1.165) is 57.9 Å². The third kappa shape index (κ3) is 5.92. The van der Waals surface area contributed by atoms with Gasteiger partial charge in [-0.05, 0) is 58.1 Å². The van der Waals surface area contributed by atoms with Crippen LogP contribution in [-0.2, 0) is 10.2 Å². The Morgan fingerprint density at radius 3 is 2.33 bits per heavy atom. The van der Waals surface area contributed by atoms with Gasteiger partial charge in [-0.2, -0.15) is 0 Å². The summed E-state index contributed by atoms with van der Waals surface area (Å²) in [5, 5.41) is 0. The number of likely N-dealkylation sites (N-methyl/N-ethyl adjacent to an activating group) is 2. The molecule has 2 saturated heterocycles. The molecular weight excluding hydrogens is 338 g/mol. The van der Waals surface area contributed by atoms with Gasteiger partial charge in [-0.3, -0.25) is 0 Å². The minimum absolute atomic E-state index is 0.210. The Bertz CT molecular complexity index is 547. The highest BCUT2D eigenvalue weighted by Crippen LogP contribution is 2.36. The summed E-state index contributed by atoms with van der Waals surface area (Å²) in [5.74, 6) is 0.990. The minimum Gasteiger partial charge on any atom is -0.494 e. The number of nitrogens with zero attached hydrogens (tertiary/aromatic N) is 3. The molecular formula is C22H37N3O2. The number of ether oxygens (including phenoxy) is 2. The van der Waals surface area contributed by atoms with Gasteiger partial charge in [0.05, 0.1) is 6.61 Å². The van der Waals surface area contributed by atoms with Crippen LogP contribution in [0.5, 0.6) is 5.75 Å². The average molecular weight is 376 g/mol. The number of hydrogen-bond acceptors (Lipinski definition) is 5. The van der Waals surface area contributed by atoms with Crippen molar-refractivity contribution in [3.8, 4) is 5.75 Å². The van der Waals surface area contributed by atoms with Crippen molar-refractivity contribution in [3.05, 3.63) is 29.8 Å². The van der Waals surface area contributed by atoms with Gasteiger partial charge in [0, 0.05) is 57.9 Å². The van der Waals surface area contributed by atoms with Gasteiger partial charge in [0.2, 0.25) is 0 Å². The summed E-state index contributed by atoms with van der Waals surface area (Å²) in [6.07, 6.45) is 3.28. The van der Waals surface area contributed by atoms with Crippen molar-refractivity contribution in [1.82, 2.24) is 14.7 Å². The van der Waals surface area contributed by atoms with Crippen LogP contribution in [0.15, 0.2) is 24.3 Å². The van der Waals surface area contributed by atoms with Gasteiger partial charge in [0.1, 0.15) is 5.75 Å². The Morgan fingerprint density at radius 2 is 1.70 bits per heavy atom. The van der Waals surface area contributed by atoms with Crippen LogP contribution in [0.3, 0.4) is 0 Å². The van der Waals surface area contributed by atoms with Gasteiger partial charge >= 0.3 is 0 Å². The molecule has 5 heteroatoms. The highest BCUT2D eigenvalue weighted by molar-refractivity contribution is 5.33. The topological polar surface area (TPSA) is 28.2 Å². The molecule has 0 unspecified atom stereocenters. The fraction of sp³-hybridized carbons (Fsp3) is 0.727. The zero-order chi connectivity index (χ0) is 19.1. The van der Waals surface area contributed by atoms with Crippen molar-refractivity contribution in [2.75, 3.05) is 80.2 Å². The summed E-state index contributed by atoms with van der Waals surface area (Å²) in [4.78, 5) is 7.24. The van der Waals surface area contributed by atoms with E-state index in [1.165, 1.54) is 31.7 Å². The van der Waals surface area contributed by atoms with E-state index in [9.17, 15) is 0 Å². The number of piperazine rings is 1. The third-order valence-electron chi connectivity index (χ3n) is 6.02. The summed E-state index contributed by atoms with van der Waals surface area (Å²) in [7, 11) is 6.53. The second-order valence-electron chi connectivity index (χ2n) is 8.50. The molecule has 3 rings (SSSR count). The van der Waals surface area contributed by atoms with Crippen LogP contribution < -0.4 is 4.74 Å². The molecule has 0 saturated carbocycles. The van der Waals surface area contributed by atoms with Crippen LogP contribution in [0.2, 0.25) is 0 Å². The second-order valence-corrected chi connectivity index (χ2v) is 8.50. The fourth-order valence-corrected chi connectivity index (χ4v) is 4.36. The summed E-state index contributed by atoms with van der Waals surface area (Å²) in [5.41, 5.74) is 1.63. The lowest BCUT2D eigenvalue weighted by molar-refractivity contribution is 0.0401. The first-order valence-corrected chi connectivity index (χ1v) is 10.4. The first-order chi connectivity index (χ1) is 13.1. The molecule has 0 N–H and O–H groups in total. The third-order valence-corrected chi connectivity index (χ3v) is 6.02. The van der Waals surface area contributed by atoms with Gasteiger partial charge in [-0.15, -0.1) is 0 Å². The van der Waals surface area contributed by atoms with Crippen molar-refractivity contribution in [2.24, 2.45) is 0 Å². The average Bonchev–Trinajstić information content (AvgIpc) is 2.67. The van der Waals surface area contributed by atoms with Crippen molar-refractivity contribution < 1.29 is 9.47 Å². The molecule has 0 amide bonds. The van der Waals surface area contributed by atoms with Crippen LogP contribution in [0.25, 0.3) is 0 Å². The standard InChI is InChI=1S/C22H37N3O2/c1-23(2)19-22(9-17-26-18-10-22)20-5-7-21(8-6-20)27-16-4-11-25-14-12-24(3)13-15-25/h5-8H,4,9-19H2,1-3H3. The highest BCUT2D eigenvalue weighted by Gasteiger charge is 2.34. The monoisotopic (exact) mass is 375 g/mol. The molecule has 0 radical (unpaired) electrons. The van der Waals surface area contributed by atoms with Crippen molar-refractivity contribution >= 4 is 0 Å². The maximum absolute atomic E-state index is 6.00. The van der Waals surface area contributed by atoms with Crippen LogP contribution in [0.1, 0.15) is 24.8 Å². The molecule has 0 aliphatic carbocycles. The molecule has 27 heavy (non-hydrogen) atoms. The van der Waals surface area contributed by atoms with E-state index in [4.69, 9.17) is 9.47 Å². The van der Waals surface area contributed by atoms with Gasteiger partial charge in [-0.25, -0.2) is 0 Å². The van der Waals surface area contributed by atoms with E-state index in [0.29, 0.717) is 0 Å². The van der Waals surface area contributed by atoms with Crippen LogP contribution in [-0.4, -0.2) is 94.9 Å². The molecule has 1 aromatic rings. The first kappa shape index (κ1) is 20.6. The Balaban J connectivity index is 1.47. The van der Waals surface area contributed by atoms with Crippen molar-refractivity contribution in [2.45, 2.75) is 24.7 Å². The lowest BCUT2D eigenvalue weighted by atomic mass is 9.74. The molecule has 2 heterocycles. The largest absolute Gasteiger partial charge is 0.494 e. The van der Waals surface area contributed by atoms with Crippen molar-refractivity contribution in [1.29, 1.82) is 0 Å². The highest BCUT2D eigenvalue weighted by atomic mass is 16.5. The maximum atomic E-state index is 6.00. The SMILES string of the molecule is CN(C)CC1(c2ccc(OCCCN3CCN(C)CC3)cc2)CCOCC1. The number of rotatable bonds is 8. The quantitative estimate of drug-likeness (QED) is 0.650. The first-order valence-electron chi connectivity index (χ1n) is 10.4. The van der Waals surface area contributed by atoms with Gasteiger partial charge in [0.15, 0.2) is 0 Å². The van der Waals surface area contributed by atoms with Crippen LogP contribution in [0.4, 0.5) is 0 Å². The molecule has 0 atom stereocenters. The molecule has 2 aliphatic heterocycles. The van der Waals surface area contributed by atoms with Gasteiger partial charge < -0.3 is 24.2 Å². The van der Waals surface area contributed by atoms with E-state index in [1.807, 2.05) is 0 Å². The Morgan fingerprint density at radius 1 is 1.04 bits per heavy atom. The minimum atomic E-state index is 0.210. The van der Waals surface area contributed by atoms with E-state index in [2.05, 4.69) is 60.1 Å². The molecule has 0 bridgehead atoms. The lowest BCUT2D eigenvalue weighted by Crippen LogP contribution is -2.44. The summed E-state index contributed by atoms with van der Waals surface area (Å²) >= 11 is 0. The fourth-order valence-electron chi connectivity index (χ4n) is 4.36.